The maximum Gasteiger partial charge on any atom is 0.242 e. The molecule has 8 heteroatoms. The highest BCUT2D eigenvalue weighted by atomic mass is 32.2. The van der Waals surface area contributed by atoms with Crippen molar-refractivity contribution in [1.29, 1.82) is 0 Å². The Hall–Kier alpha value is -1.80. The van der Waals surface area contributed by atoms with Gasteiger partial charge in [0.1, 0.15) is 16.5 Å². The van der Waals surface area contributed by atoms with Crippen LogP contribution in [0.3, 0.4) is 0 Å². The highest BCUT2D eigenvalue weighted by Gasteiger charge is 2.25. The third kappa shape index (κ3) is 2.96. The Balaban J connectivity index is 1.78. The van der Waals surface area contributed by atoms with Gasteiger partial charge in [0, 0.05) is 31.4 Å². The van der Waals surface area contributed by atoms with E-state index in [1.807, 2.05) is 17.7 Å². The van der Waals surface area contributed by atoms with Crippen LogP contribution in [0.15, 0.2) is 29.6 Å². The zero-order valence-corrected chi connectivity index (χ0v) is 12.3. The molecule has 0 amide bonds. The monoisotopic (exact) mass is 310 g/mol. The lowest BCUT2D eigenvalue weighted by Crippen LogP contribution is -2.40. The first kappa shape index (κ1) is 14.2. The minimum atomic E-state index is -3.76. The van der Waals surface area contributed by atoms with Crippen LogP contribution in [0.2, 0.25) is 0 Å². The molecule has 112 valence electrons. The molecule has 3 heterocycles. The van der Waals surface area contributed by atoms with Crippen LogP contribution in [-0.4, -0.2) is 29.0 Å². The molecular formula is C13H15FN4O2S. The summed E-state index contributed by atoms with van der Waals surface area (Å²) in [6.07, 6.45) is 5.39. The Bertz CT molecular complexity index is 772. The minimum absolute atomic E-state index is 0.157. The van der Waals surface area contributed by atoms with Crippen molar-refractivity contribution in [3.05, 3.63) is 42.0 Å². The van der Waals surface area contributed by atoms with E-state index in [1.165, 1.54) is 0 Å². The van der Waals surface area contributed by atoms with E-state index in [0.717, 1.165) is 30.0 Å². The second-order valence-electron chi connectivity index (χ2n) is 5.15. The molecule has 0 unspecified atom stereocenters. The number of rotatable bonds is 3. The Labute approximate surface area is 122 Å². The van der Waals surface area contributed by atoms with Gasteiger partial charge >= 0.3 is 0 Å². The first-order chi connectivity index (χ1) is 9.94. The van der Waals surface area contributed by atoms with Crippen LogP contribution in [0.5, 0.6) is 0 Å². The van der Waals surface area contributed by atoms with E-state index in [2.05, 4.69) is 14.7 Å². The van der Waals surface area contributed by atoms with E-state index in [4.69, 9.17) is 0 Å². The molecule has 1 N–H and O–H groups in total. The summed E-state index contributed by atoms with van der Waals surface area (Å²) in [4.78, 5) is 7.79. The molecule has 0 radical (unpaired) electrons. The molecule has 6 nitrogen and oxygen atoms in total. The van der Waals surface area contributed by atoms with Crippen molar-refractivity contribution in [2.45, 2.75) is 37.2 Å². The Kier molecular flexibility index (Phi) is 3.50. The number of nitrogens with one attached hydrogen (secondary N) is 1. The van der Waals surface area contributed by atoms with Crippen molar-refractivity contribution in [2.24, 2.45) is 0 Å². The van der Waals surface area contributed by atoms with Gasteiger partial charge in [-0.15, -0.1) is 0 Å². The Morgan fingerprint density at radius 1 is 1.43 bits per heavy atom. The molecule has 1 atom stereocenters. The van der Waals surface area contributed by atoms with Crippen LogP contribution < -0.4 is 4.72 Å². The normalized spacial score (nSPS) is 18.5. The summed E-state index contributed by atoms with van der Waals surface area (Å²) in [5.41, 5.74) is 0.919. The Morgan fingerprint density at radius 3 is 3.00 bits per heavy atom. The summed E-state index contributed by atoms with van der Waals surface area (Å²) >= 11 is 0. The number of sulfonamides is 1. The molecule has 1 aliphatic heterocycles. The first-order valence-corrected chi connectivity index (χ1v) is 8.08. The van der Waals surface area contributed by atoms with Crippen molar-refractivity contribution in [2.75, 3.05) is 0 Å². The molecule has 21 heavy (non-hydrogen) atoms. The molecule has 0 saturated heterocycles. The number of hydrogen-bond acceptors (Lipinski definition) is 4. The topological polar surface area (TPSA) is 76.9 Å². The average molecular weight is 310 g/mol. The summed E-state index contributed by atoms with van der Waals surface area (Å²) in [5, 5.41) is 0. The largest absolute Gasteiger partial charge is 0.333 e. The zero-order valence-electron chi connectivity index (χ0n) is 11.5. The molecule has 2 aromatic rings. The summed E-state index contributed by atoms with van der Waals surface area (Å²) < 4.78 is 42.1. The van der Waals surface area contributed by atoms with E-state index >= 15 is 0 Å². The van der Waals surface area contributed by atoms with E-state index in [0.29, 0.717) is 19.4 Å². The van der Waals surface area contributed by atoms with Gasteiger partial charge < -0.3 is 4.57 Å². The van der Waals surface area contributed by atoms with Gasteiger partial charge in [0.25, 0.3) is 0 Å². The standard InChI is InChI=1S/C13H15FN4O2S/c1-9-7-18-8-11(2-3-13(18)16-9)17-21(19,20)12-4-10(14)5-15-6-12/h4-7,11,17H,2-3,8H2,1H3/t11-/m1/s1. The molecule has 0 bridgehead atoms. The number of hydrogen-bond donors (Lipinski definition) is 1. The van der Waals surface area contributed by atoms with Gasteiger partial charge in [-0.25, -0.2) is 22.5 Å². The lowest BCUT2D eigenvalue weighted by Gasteiger charge is -2.24. The number of aromatic nitrogens is 3. The smallest absolute Gasteiger partial charge is 0.242 e. The molecule has 2 aromatic heterocycles. The predicted molar refractivity (Wildman–Crippen MR) is 73.6 cm³/mol. The van der Waals surface area contributed by atoms with Gasteiger partial charge in [-0.1, -0.05) is 0 Å². The fourth-order valence-corrected chi connectivity index (χ4v) is 3.74. The molecule has 0 spiro atoms. The van der Waals surface area contributed by atoms with Crippen molar-refractivity contribution < 1.29 is 12.8 Å². The van der Waals surface area contributed by atoms with E-state index < -0.39 is 15.8 Å². The van der Waals surface area contributed by atoms with Gasteiger partial charge in [0.05, 0.1) is 11.9 Å². The summed E-state index contributed by atoms with van der Waals surface area (Å²) in [7, 11) is -3.76. The maximum atomic E-state index is 13.1. The van der Waals surface area contributed by atoms with E-state index in [9.17, 15) is 12.8 Å². The van der Waals surface area contributed by atoms with Crippen LogP contribution in [0.25, 0.3) is 0 Å². The predicted octanol–water partition coefficient (Wildman–Crippen LogP) is 1.02. The highest BCUT2D eigenvalue weighted by Crippen LogP contribution is 2.17. The van der Waals surface area contributed by atoms with Crippen molar-refractivity contribution in [1.82, 2.24) is 19.3 Å². The van der Waals surface area contributed by atoms with Crippen LogP contribution in [0.1, 0.15) is 17.9 Å². The number of fused-ring (bicyclic) bond motifs is 1. The molecule has 1 aliphatic rings. The fourth-order valence-electron chi connectivity index (χ4n) is 2.51. The van der Waals surface area contributed by atoms with Crippen molar-refractivity contribution in [3.8, 4) is 0 Å². The quantitative estimate of drug-likeness (QED) is 0.918. The zero-order chi connectivity index (χ0) is 15.0. The van der Waals surface area contributed by atoms with Gasteiger partial charge in [-0.3, -0.25) is 4.98 Å². The number of imidazole rings is 1. The summed E-state index contributed by atoms with van der Waals surface area (Å²) in [6.45, 7) is 2.43. The average Bonchev–Trinajstić information content (AvgIpc) is 2.77. The van der Waals surface area contributed by atoms with Crippen LogP contribution in [-0.2, 0) is 23.0 Å². The molecule has 0 aromatic carbocycles. The minimum Gasteiger partial charge on any atom is -0.333 e. The second kappa shape index (κ2) is 5.19. The lowest BCUT2D eigenvalue weighted by molar-refractivity contribution is 0.421. The molecule has 0 fully saturated rings. The molecule has 0 aliphatic carbocycles. The van der Waals surface area contributed by atoms with Crippen molar-refractivity contribution in [3.63, 3.8) is 0 Å². The third-order valence-corrected chi connectivity index (χ3v) is 4.91. The molecule has 0 saturated carbocycles. The van der Waals surface area contributed by atoms with Crippen LogP contribution in [0, 0.1) is 12.7 Å². The number of aryl methyl sites for hydroxylation is 2. The van der Waals surface area contributed by atoms with Gasteiger partial charge in [0.15, 0.2) is 0 Å². The number of pyridine rings is 1. The van der Waals surface area contributed by atoms with Gasteiger partial charge in [-0.2, -0.15) is 0 Å². The second-order valence-corrected chi connectivity index (χ2v) is 6.86. The third-order valence-electron chi connectivity index (χ3n) is 3.43. The SMILES string of the molecule is Cc1cn2c(n1)CC[C@@H](NS(=O)(=O)c1cncc(F)c1)C2. The fraction of sp³-hybridized carbons (Fsp3) is 0.385. The highest BCUT2D eigenvalue weighted by molar-refractivity contribution is 7.89. The van der Waals surface area contributed by atoms with E-state index in [1.54, 1.807) is 0 Å². The summed E-state index contributed by atoms with van der Waals surface area (Å²) in [6, 6.07) is 0.727. The molecular weight excluding hydrogens is 295 g/mol. The molecule has 3 rings (SSSR count). The number of nitrogens with zero attached hydrogens (tertiary/aromatic N) is 3. The van der Waals surface area contributed by atoms with Gasteiger partial charge in [0.2, 0.25) is 10.0 Å². The van der Waals surface area contributed by atoms with Crippen LogP contribution >= 0.6 is 0 Å². The number of halogens is 1. The maximum absolute atomic E-state index is 13.1. The Morgan fingerprint density at radius 2 is 2.24 bits per heavy atom. The first-order valence-electron chi connectivity index (χ1n) is 6.59. The van der Waals surface area contributed by atoms with Crippen molar-refractivity contribution >= 4 is 10.0 Å². The van der Waals surface area contributed by atoms with E-state index in [-0.39, 0.29) is 10.9 Å². The van der Waals surface area contributed by atoms with Gasteiger partial charge in [-0.05, 0) is 19.4 Å². The summed E-state index contributed by atoms with van der Waals surface area (Å²) in [5.74, 6) is 0.296. The van der Waals surface area contributed by atoms with Crippen LogP contribution in [0.4, 0.5) is 4.39 Å². The lowest BCUT2D eigenvalue weighted by atomic mass is 10.1.